The van der Waals surface area contributed by atoms with Gasteiger partial charge in [0.2, 0.25) is 5.91 Å². The number of methoxy groups -OCH3 is 1. The second kappa shape index (κ2) is 8.90. The number of hydrogen-bond donors (Lipinski definition) is 3. The predicted molar refractivity (Wildman–Crippen MR) is 93.9 cm³/mol. The van der Waals surface area contributed by atoms with Crippen LogP contribution in [-0.2, 0) is 16.1 Å². The Bertz CT molecular complexity index is 589. The van der Waals surface area contributed by atoms with Gasteiger partial charge in [0.15, 0.2) is 5.96 Å². The van der Waals surface area contributed by atoms with Crippen molar-refractivity contribution < 1.29 is 14.3 Å². The van der Waals surface area contributed by atoms with Crippen LogP contribution >= 0.6 is 0 Å². The molecular weight excluding hydrogens is 308 g/mol. The van der Waals surface area contributed by atoms with Gasteiger partial charge in [0, 0.05) is 19.1 Å². The molecule has 0 aliphatic carbocycles. The number of guanidine groups is 1. The summed E-state index contributed by atoms with van der Waals surface area (Å²) in [5.41, 5.74) is 1.21. The molecule has 0 saturated carbocycles. The number of amides is 1. The number of carbonyl (C=O) groups is 2. The minimum atomic E-state index is -0.364. The number of nitrogens with zero attached hydrogens (tertiary/aromatic N) is 1. The predicted octanol–water partition coefficient (Wildman–Crippen LogP) is 1.05. The molecule has 0 atom stereocenters. The topological polar surface area (TPSA) is 91.8 Å². The summed E-state index contributed by atoms with van der Waals surface area (Å²) in [5.74, 6) is 0.0563. The van der Waals surface area contributed by atoms with E-state index in [1.54, 1.807) is 19.2 Å². The molecule has 1 rings (SSSR count). The quantitative estimate of drug-likeness (QED) is 0.425. The zero-order valence-electron chi connectivity index (χ0n) is 14.9. The van der Waals surface area contributed by atoms with Gasteiger partial charge in [-0.2, -0.15) is 0 Å². The average Bonchev–Trinajstić information content (AvgIpc) is 2.53. The van der Waals surface area contributed by atoms with Gasteiger partial charge >= 0.3 is 5.97 Å². The molecule has 1 aromatic rings. The Hall–Kier alpha value is -2.57. The van der Waals surface area contributed by atoms with Crippen molar-refractivity contribution in [3.8, 4) is 0 Å². The van der Waals surface area contributed by atoms with Crippen LogP contribution in [0.5, 0.6) is 0 Å². The summed E-state index contributed by atoms with van der Waals surface area (Å²) < 4.78 is 4.66. The number of rotatable bonds is 5. The van der Waals surface area contributed by atoms with Gasteiger partial charge in [0.05, 0.1) is 19.2 Å². The first kappa shape index (κ1) is 19.5. The molecule has 3 N–H and O–H groups in total. The van der Waals surface area contributed by atoms with Crippen LogP contribution in [0.1, 0.15) is 36.7 Å². The Morgan fingerprint density at radius 1 is 1.12 bits per heavy atom. The molecule has 132 valence electrons. The number of hydrogen-bond acceptors (Lipinski definition) is 4. The van der Waals surface area contributed by atoms with Crippen molar-refractivity contribution in [2.24, 2.45) is 4.99 Å². The van der Waals surface area contributed by atoms with E-state index in [1.165, 1.54) is 7.11 Å². The lowest BCUT2D eigenvalue weighted by molar-refractivity contribution is -0.121. The van der Waals surface area contributed by atoms with Crippen molar-refractivity contribution in [3.05, 3.63) is 35.4 Å². The normalized spacial score (nSPS) is 11.6. The van der Waals surface area contributed by atoms with E-state index in [4.69, 9.17) is 0 Å². The Morgan fingerprint density at radius 2 is 1.75 bits per heavy atom. The van der Waals surface area contributed by atoms with Gasteiger partial charge in [-0.3, -0.25) is 9.79 Å². The van der Waals surface area contributed by atoms with Crippen molar-refractivity contribution in [3.63, 3.8) is 0 Å². The smallest absolute Gasteiger partial charge is 0.337 e. The fourth-order valence-electron chi connectivity index (χ4n) is 1.91. The first-order valence-electron chi connectivity index (χ1n) is 7.68. The Labute approximate surface area is 142 Å². The van der Waals surface area contributed by atoms with E-state index in [0.717, 1.165) is 5.56 Å². The fourth-order valence-corrected chi connectivity index (χ4v) is 1.91. The second-order valence-electron chi connectivity index (χ2n) is 6.27. The lowest BCUT2D eigenvalue weighted by Crippen LogP contribution is -2.48. The first-order chi connectivity index (χ1) is 11.2. The molecule has 0 aliphatic heterocycles. The van der Waals surface area contributed by atoms with Crippen LogP contribution < -0.4 is 16.0 Å². The van der Waals surface area contributed by atoms with Gasteiger partial charge < -0.3 is 20.7 Å². The molecule has 0 aromatic heterocycles. The highest BCUT2D eigenvalue weighted by atomic mass is 16.5. The van der Waals surface area contributed by atoms with Crippen molar-refractivity contribution in [1.82, 2.24) is 16.0 Å². The summed E-state index contributed by atoms with van der Waals surface area (Å²) in [5, 5.41) is 8.93. The van der Waals surface area contributed by atoms with Crippen LogP contribution in [0.3, 0.4) is 0 Å². The minimum Gasteiger partial charge on any atom is -0.465 e. The molecule has 0 radical (unpaired) electrons. The molecule has 0 heterocycles. The molecule has 0 saturated heterocycles. The van der Waals surface area contributed by atoms with Gasteiger partial charge in [0.25, 0.3) is 0 Å². The molecule has 24 heavy (non-hydrogen) atoms. The maximum Gasteiger partial charge on any atom is 0.337 e. The van der Waals surface area contributed by atoms with Gasteiger partial charge in [-0.1, -0.05) is 12.1 Å². The van der Waals surface area contributed by atoms with Crippen LogP contribution in [0.15, 0.2) is 29.3 Å². The third kappa shape index (κ3) is 7.13. The molecule has 0 unspecified atom stereocenters. The summed E-state index contributed by atoms with van der Waals surface area (Å²) >= 11 is 0. The van der Waals surface area contributed by atoms with E-state index in [1.807, 2.05) is 32.9 Å². The minimum absolute atomic E-state index is 0.104. The summed E-state index contributed by atoms with van der Waals surface area (Å²) in [4.78, 5) is 27.2. The molecule has 0 aliphatic rings. The average molecular weight is 334 g/mol. The van der Waals surface area contributed by atoms with E-state index >= 15 is 0 Å². The fraction of sp³-hybridized carbons (Fsp3) is 0.471. The summed E-state index contributed by atoms with van der Waals surface area (Å²) in [6.45, 7) is 6.43. The molecule has 0 bridgehead atoms. The van der Waals surface area contributed by atoms with Crippen molar-refractivity contribution in [2.45, 2.75) is 32.9 Å². The van der Waals surface area contributed by atoms with E-state index in [2.05, 4.69) is 25.7 Å². The summed E-state index contributed by atoms with van der Waals surface area (Å²) in [6.07, 6.45) is 0. The highest BCUT2D eigenvalue weighted by Crippen LogP contribution is 2.05. The first-order valence-corrected chi connectivity index (χ1v) is 7.68. The van der Waals surface area contributed by atoms with Gasteiger partial charge in [-0.25, -0.2) is 4.79 Å². The standard InChI is InChI=1S/C17H26N4O3/c1-17(2,3)21-14(22)11-20-16(18-4)19-10-12-6-8-13(9-7-12)15(23)24-5/h6-9H,10-11H2,1-5H3,(H,21,22)(H2,18,19,20). The van der Waals surface area contributed by atoms with Crippen LogP contribution in [0, 0.1) is 0 Å². The number of carbonyl (C=O) groups excluding carboxylic acids is 2. The lowest BCUT2D eigenvalue weighted by Gasteiger charge is -2.21. The SMILES string of the molecule is CN=C(NCC(=O)NC(C)(C)C)NCc1ccc(C(=O)OC)cc1. The lowest BCUT2D eigenvalue weighted by atomic mass is 10.1. The van der Waals surface area contributed by atoms with Crippen molar-refractivity contribution in [1.29, 1.82) is 0 Å². The Kier molecular flexibility index (Phi) is 7.23. The van der Waals surface area contributed by atoms with E-state index in [0.29, 0.717) is 18.1 Å². The number of esters is 1. The van der Waals surface area contributed by atoms with Crippen LogP contribution in [-0.4, -0.2) is 44.1 Å². The van der Waals surface area contributed by atoms with Gasteiger partial charge in [-0.05, 0) is 38.5 Å². The summed E-state index contributed by atoms with van der Waals surface area (Å²) in [7, 11) is 2.99. The highest BCUT2D eigenvalue weighted by Gasteiger charge is 2.13. The molecule has 0 spiro atoms. The van der Waals surface area contributed by atoms with Gasteiger partial charge in [-0.15, -0.1) is 0 Å². The van der Waals surface area contributed by atoms with Crippen LogP contribution in [0.25, 0.3) is 0 Å². The van der Waals surface area contributed by atoms with Gasteiger partial charge in [0.1, 0.15) is 0 Å². The second-order valence-corrected chi connectivity index (χ2v) is 6.27. The molecule has 7 nitrogen and oxygen atoms in total. The molecule has 0 fully saturated rings. The summed E-state index contributed by atoms with van der Waals surface area (Å²) in [6, 6.07) is 7.07. The number of nitrogens with one attached hydrogen (secondary N) is 3. The van der Waals surface area contributed by atoms with Crippen LogP contribution in [0.2, 0.25) is 0 Å². The monoisotopic (exact) mass is 334 g/mol. The maximum absolute atomic E-state index is 11.8. The van der Waals surface area contributed by atoms with E-state index in [-0.39, 0.29) is 24.0 Å². The number of benzene rings is 1. The third-order valence-electron chi connectivity index (χ3n) is 2.99. The largest absolute Gasteiger partial charge is 0.465 e. The Morgan fingerprint density at radius 3 is 2.25 bits per heavy atom. The van der Waals surface area contributed by atoms with E-state index < -0.39 is 0 Å². The van der Waals surface area contributed by atoms with Crippen LogP contribution in [0.4, 0.5) is 0 Å². The highest BCUT2D eigenvalue weighted by molar-refractivity contribution is 5.89. The van der Waals surface area contributed by atoms with E-state index in [9.17, 15) is 9.59 Å². The molecular formula is C17H26N4O3. The van der Waals surface area contributed by atoms with Crippen molar-refractivity contribution >= 4 is 17.8 Å². The third-order valence-corrected chi connectivity index (χ3v) is 2.99. The molecule has 1 amide bonds. The zero-order chi connectivity index (χ0) is 18.2. The number of aliphatic imine (C=N–C) groups is 1. The zero-order valence-corrected chi connectivity index (χ0v) is 14.9. The maximum atomic E-state index is 11.8. The number of ether oxygens (including phenoxy) is 1. The molecule has 1 aromatic carbocycles. The Balaban J connectivity index is 2.47. The van der Waals surface area contributed by atoms with Crippen molar-refractivity contribution in [2.75, 3.05) is 20.7 Å². The molecule has 7 heteroatoms.